The predicted octanol–water partition coefficient (Wildman–Crippen LogP) is 1.35. The summed E-state index contributed by atoms with van der Waals surface area (Å²) >= 11 is 0. The minimum absolute atomic E-state index is 0.0394. The van der Waals surface area contributed by atoms with Crippen LogP contribution in [0.4, 0.5) is 0 Å². The van der Waals surface area contributed by atoms with Crippen molar-refractivity contribution in [3.63, 3.8) is 0 Å². The minimum atomic E-state index is -0.0394. The van der Waals surface area contributed by atoms with Crippen molar-refractivity contribution in [2.75, 3.05) is 0 Å². The van der Waals surface area contributed by atoms with Gasteiger partial charge in [0.25, 0.3) is 0 Å². The van der Waals surface area contributed by atoms with Gasteiger partial charge in [-0.2, -0.15) is 5.10 Å². The van der Waals surface area contributed by atoms with Gasteiger partial charge in [-0.3, -0.25) is 0 Å². The molecule has 0 amide bonds. The Kier molecular flexibility index (Phi) is 4.09. The molecule has 0 bridgehead atoms. The molecule has 0 spiro atoms. The lowest BCUT2D eigenvalue weighted by Gasteiger charge is -1.91. The summed E-state index contributed by atoms with van der Waals surface area (Å²) in [5, 5.41) is 7.35. The second-order valence-corrected chi connectivity index (χ2v) is 3.01. The fraction of sp³-hybridized carbons (Fsp3) is 0.0909. The topological polar surface area (TPSA) is 76.8 Å². The van der Waals surface area contributed by atoms with Crippen molar-refractivity contribution in [3.05, 3.63) is 42.0 Å². The molecule has 0 radical (unpaired) electrons. The average Bonchev–Trinajstić information content (AvgIpc) is 2.25. The summed E-state index contributed by atoms with van der Waals surface area (Å²) in [5.41, 5.74) is 12.1. The molecule has 4 heteroatoms. The van der Waals surface area contributed by atoms with Crippen molar-refractivity contribution in [2.24, 2.45) is 21.7 Å². The number of guanidine groups is 1. The lowest BCUT2D eigenvalue weighted by molar-refractivity contribution is 1.20. The third-order valence-corrected chi connectivity index (χ3v) is 1.64. The van der Waals surface area contributed by atoms with Gasteiger partial charge in [0.2, 0.25) is 5.96 Å². The fourth-order valence-corrected chi connectivity index (χ4v) is 0.951. The van der Waals surface area contributed by atoms with Gasteiger partial charge in [0.15, 0.2) is 0 Å². The number of hydrogen-bond acceptors (Lipinski definition) is 2. The molecule has 0 aliphatic carbocycles. The average molecular weight is 202 g/mol. The molecule has 15 heavy (non-hydrogen) atoms. The molecule has 0 heterocycles. The van der Waals surface area contributed by atoms with Crippen LogP contribution < -0.4 is 11.5 Å². The van der Waals surface area contributed by atoms with Crippen molar-refractivity contribution in [1.82, 2.24) is 0 Å². The number of rotatable bonds is 3. The molecule has 0 aromatic heterocycles. The van der Waals surface area contributed by atoms with Crippen LogP contribution in [0.25, 0.3) is 6.08 Å². The normalized spacial score (nSPS) is 11.7. The van der Waals surface area contributed by atoms with Gasteiger partial charge < -0.3 is 11.5 Å². The molecule has 78 valence electrons. The third-order valence-electron chi connectivity index (χ3n) is 1.64. The highest BCUT2D eigenvalue weighted by molar-refractivity contribution is 5.96. The molecule has 0 aliphatic rings. The summed E-state index contributed by atoms with van der Waals surface area (Å²) in [6, 6.07) is 9.93. The molecule has 0 fully saturated rings. The van der Waals surface area contributed by atoms with E-state index in [0.29, 0.717) is 0 Å². The van der Waals surface area contributed by atoms with Gasteiger partial charge in [0, 0.05) is 0 Å². The van der Waals surface area contributed by atoms with Crippen molar-refractivity contribution in [1.29, 1.82) is 0 Å². The number of hydrogen-bond donors (Lipinski definition) is 2. The Labute approximate surface area is 89.0 Å². The lowest BCUT2D eigenvalue weighted by Crippen LogP contribution is -2.21. The molecule has 0 aliphatic heterocycles. The molecule has 1 aromatic rings. The van der Waals surface area contributed by atoms with Crippen LogP contribution in [0.3, 0.4) is 0 Å². The van der Waals surface area contributed by atoms with E-state index >= 15 is 0 Å². The molecule has 0 atom stereocenters. The quantitative estimate of drug-likeness (QED) is 0.441. The Morgan fingerprint density at radius 2 is 1.80 bits per heavy atom. The van der Waals surface area contributed by atoms with Gasteiger partial charge in [0.05, 0.1) is 5.71 Å². The first-order valence-electron chi connectivity index (χ1n) is 4.55. The van der Waals surface area contributed by atoms with E-state index in [4.69, 9.17) is 11.5 Å². The molecule has 0 unspecified atom stereocenters. The first-order valence-corrected chi connectivity index (χ1v) is 4.55. The highest BCUT2D eigenvalue weighted by atomic mass is 15.3. The highest BCUT2D eigenvalue weighted by Gasteiger charge is 1.85. The smallest absolute Gasteiger partial charge is 0.211 e. The second-order valence-electron chi connectivity index (χ2n) is 3.01. The molecule has 4 nitrogen and oxygen atoms in total. The Morgan fingerprint density at radius 1 is 1.13 bits per heavy atom. The van der Waals surface area contributed by atoms with Crippen LogP contribution in [0.15, 0.2) is 46.6 Å². The van der Waals surface area contributed by atoms with Gasteiger partial charge in [0.1, 0.15) is 0 Å². The van der Waals surface area contributed by atoms with Crippen LogP contribution in [0, 0.1) is 0 Å². The highest BCUT2D eigenvalue weighted by Crippen LogP contribution is 2.01. The van der Waals surface area contributed by atoms with E-state index in [2.05, 4.69) is 10.2 Å². The molecule has 4 N–H and O–H groups in total. The van der Waals surface area contributed by atoms with E-state index in [1.165, 1.54) is 0 Å². The summed E-state index contributed by atoms with van der Waals surface area (Å²) < 4.78 is 0. The summed E-state index contributed by atoms with van der Waals surface area (Å²) in [5.74, 6) is -0.0394. The van der Waals surface area contributed by atoms with Gasteiger partial charge in [-0.05, 0) is 18.6 Å². The lowest BCUT2D eigenvalue weighted by atomic mass is 10.2. The van der Waals surface area contributed by atoms with Crippen molar-refractivity contribution in [2.45, 2.75) is 6.92 Å². The molecular formula is C11H14N4. The molecular weight excluding hydrogens is 188 g/mol. The van der Waals surface area contributed by atoms with Gasteiger partial charge in [-0.25, -0.2) is 0 Å². The zero-order chi connectivity index (χ0) is 11.1. The van der Waals surface area contributed by atoms with Crippen LogP contribution in [0.2, 0.25) is 0 Å². The van der Waals surface area contributed by atoms with Crippen LogP contribution in [0.5, 0.6) is 0 Å². The maximum Gasteiger partial charge on any atom is 0.211 e. The first-order chi connectivity index (χ1) is 7.18. The number of nitrogens with zero attached hydrogens (tertiary/aromatic N) is 2. The summed E-state index contributed by atoms with van der Waals surface area (Å²) in [6.07, 6.45) is 3.79. The van der Waals surface area contributed by atoms with Crippen molar-refractivity contribution in [3.8, 4) is 0 Å². The third kappa shape index (κ3) is 4.61. The van der Waals surface area contributed by atoms with E-state index in [1.54, 1.807) is 0 Å². The fourth-order valence-electron chi connectivity index (χ4n) is 0.951. The van der Waals surface area contributed by atoms with Crippen molar-refractivity contribution < 1.29 is 0 Å². The predicted molar refractivity (Wildman–Crippen MR) is 64.4 cm³/mol. The Bertz CT molecular complexity index is 386. The zero-order valence-electron chi connectivity index (χ0n) is 8.59. The van der Waals surface area contributed by atoms with E-state index in [1.807, 2.05) is 49.4 Å². The maximum absolute atomic E-state index is 5.14. The summed E-state index contributed by atoms with van der Waals surface area (Å²) in [4.78, 5) is 0. The van der Waals surface area contributed by atoms with Crippen LogP contribution in [-0.4, -0.2) is 11.7 Å². The van der Waals surface area contributed by atoms with Crippen molar-refractivity contribution >= 4 is 17.7 Å². The van der Waals surface area contributed by atoms with Crippen LogP contribution in [-0.2, 0) is 0 Å². The largest absolute Gasteiger partial charge is 0.369 e. The van der Waals surface area contributed by atoms with E-state index in [0.717, 1.165) is 11.3 Å². The van der Waals surface area contributed by atoms with Crippen LogP contribution in [0.1, 0.15) is 12.5 Å². The Morgan fingerprint density at radius 3 is 2.40 bits per heavy atom. The standard InChI is InChI=1S/C11H14N4/c1-9(14-15-11(12)13)7-8-10-5-3-2-4-6-10/h2-8H,1H3,(H4,12,13,15)/b8-7?,14-9+. The minimum Gasteiger partial charge on any atom is -0.369 e. The molecule has 1 aromatic carbocycles. The number of allylic oxidation sites excluding steroid dienone is 1. The summed E-state index contributed by atoms with van der Waals surface area (Å²) in [7, 11) is 0. The second kappa shape index (κ2) is 5.59. The monoisotopic (exact) mass is 202 g/mol. The number of nitrogens with two attached hydrogens (primary N) is 2. The molecule has 1 rings (SSSR count). The van der Waals surface area contributed by atoms with Gasteiger partial charge in [-0.15, -0.1) is 5.10 Å². The molecule has 0 saturated carbocycles. The maximum atomic E-state index is 5.14. The Balaban J connectivity index is 2.66. The van der Waals surface area contributed by atoms with E-state index in [9.17, 15) is 0 Å². The Hall–Kier alpha value is -2.10. The van der Waals surface area contributed by atoms with Gasteiger partial charge >= 0.3 is 0 Å². The number of benzene rings is 1. The summed E-state index contributed by atoms with van der Waals surface area (Å²) in [6.45, 7) is 1.83. The first kappa shape index (κ1) is 11.0. The van der Waals surface area contributed by atoms with Crippen LogP contribution >= 0.6 is 0 Å². The SMILES string of the molecule is C/C(C=Cc1ccccc1)=N\N=C(N)N. The zero-order valence-corrected chi connectivity index (χ0v) is 8.59. The molecule has 0 saturated heterocycles. The van der Waals surface area contributed by atoms with Gasteiger partial charge in [-0.1, -0.05) is 36.4 Å². The van der Waals surface area contributed by atoms with E-state index in [-0.39, 0.29) is 5.96 Å². The van der Waals surface area contributed by atoms with E-state index < -0.39 is 0 Å².